The van der Waals surface area contributed by atoms with E-state index < -0.39 is 23.6 Å². The number of hydrogen-bond donors (Lipinski definition) is 0. The van der Waals surface area contributed by atoms with Crippen molar-refractivity contribution in [1.82, 2.24) is 29.0 Å². The summed E-state index contributed by atoms with van der Waals surface area (Å²) < 4.78 is 21.8. The van der Waals surface area contributed by atoms with Crippen molar-refractivity contribution in [3.05, 3.63) is 68.4 Å². The third-order valence-electron chi connectivity index (χ3n) is 5.98. The standard InChI is InChI=1S/C24H24FN7O4S/c1-4-29(3)19(33)14-31-21(34)20-15(2)22(32-27-9-10-28-32)37-23(20)30(24(31)35)11-7-16-13-17(25)5-6-18(16)36-12-8-26/h5-6,9-10,13H,4,7,11-12,14H2,1-3H3. The Hall–Kier alpha value is -4.31. The average Bonchev–Trinajstić information content (AvgIpc) is 3.53. The minimum Gasteiger partial charge on any atom is -0.478 e. The first kappa shape index (κ1) is 25.8. The van der Waals surface area contributed by atoms with Crippen LogP contribution in [0.25, 0.3) is 15.2 Å². The summed E-state index contributed by atoms with van der Waals surface area (Å²) in [6, 6.07) is 5.81. The summed E-state index contributed by atoms with van der Waals surface area (Å²) in [4.78, 5) is 42.9. The van der Waals surface area contributed by atoms with Gasteiger partial charge in [0.05, 0.1) is 17.8 Å². The molecule has 4 rings (SSSR count). The molecule has 13 heteroatoms. The lowest BCUT2D eigenvalue weighted by Gasteiger charge is -2.17. The van der Waals surface area contributed by atoms with Crippen molar-refractivity contribution >= 4 is 27.5 Å². The number of amides is 1. The smallest absolute Gasteiger partial charge is 0.332 e. The van der Waals surface area contributed by atoms with Crippen molar-refractivity contribution in [1.29, 1.82) is 5.26 Å². The summed E-state index contributed by atoms with van der Waals surface area (Å²) in [7, 11) is 1.59. The third-order valence-corrected chi connectivity index (χ3v) is 7.26. The van der Waals surface area contributed by atoms with Gasteiger partial charge < -0.3 is 9.64 Å². The number of likely N-dealkylation sites (N-methyl/N-ethyl adjacent to an activating group) is 1. The molecule has 3 heterocycles. The molecule has 3 aromatic heterocycles. The summed E-state index contributed by atoms with van der Waals surface area (Å²) in [5.74, 6) is -0.551. The molecule has 0 fully saturated rings. The largest absolute Gasteiger partial charge is 0.478 e. The van der Waals surface area contributed by atoms with E-state index in [9.17, 15) is 18.8 Å². The van der Waals surface area contributed by atoms with Crippen LogP contribution in [0.5, 0.6) is 5.75 Å². The van der Waals surface area contributed by atoms with Gasteiger partial charge in [-0.2, -0.15) is 15.5 Å². The first-order valence-electron chi connectivity index (χ1n) is 11.4. The maximum atomic E-state index is 14.0. The normalized spacial score (nSPS) is 11.0. The van der Waals surface area contributed by atoms with Gasteiger partial charge in [0.25, 0.3) is 5.56 Å². The lowest BCUT2D eigenvalue weighted by atomic mass is 10.1. The Morgan fingerprint density at radius 1 is 1.24 bits per heavy atom. The molecule has 0 saturated carbocycles. The molecular formula is C24H24FN7O4S. The van der Waals surface area contributed by atoms with Crippen molar-refractivity contribution in [2.45, 2.75) is 33.4 Å². The Morgan fingerprint density at radius 2 is 1.97 bits per heavy atom. The first-order chi connectivity index (χ1) is 17.8. The molecule has 0 bridgehead atoms. The summed E-state index contributed by atoms with van der Waals surface area (Å²) in [6.07, 6.45) is 3.17. The van der Waals surface area contributed by atoms with Gasteiger partial charge in [-0.3, -0.25) is 18.7 Å². The van der Waals surface area contributed by atoms with E-state index >= 15 is 0 Å². The van der Waals surface area contributed by atoms with Crippen LogP contribution in [0.15, 0.2) is 40.2 Å². The number of halogens is 1. The van der Waals surface area contributed by atoms with Gasteiger partial charge in [0.15, 0.2) is 6.61 Å². The van der Waals surface area contributed by atoms with E-state index in [0.29, 0.717) is 33.3 Å². The molecular weight excluding hydrogens is 501 g/mol. The quantitative estimate of drug-likeness (QED) is 0.326. The number of nitrogens with zero attached hydrogens (tertiary/aromatic N) is 7. The number of aryl methyl sites for hydroxylation is 3. The lowest BCUT2D eigenvalue weighted by molar-refractivity contribution is -0.130. The molecule has 192 valence electrons. The lowest BCUT2D eigenvalue weighted by Crippen LogP contribution is -2.44. The van der Waals surface area contributed by atoms with Gasteiger partial charge in [-0.05, 0) is 44.0 Å². The summed E-state index contributed by atoms with van der Waals surface area (Å²) in [5.41, 5.74) is -0.210. The fourth-order valence-corrected chi connectivity index (χ4v) is 5.13. The monoisotopic (exact) mass is 525 g/mol. The number of carbonyl (C=O) groups excluding carboxylic acids is 1. The molecule has 4 aromatic rings. The van der Waals surface area contributed by atoms with Crippen LogP contribution in [0.2, 0.25) is 0 Å². The number of carbonyl (C=O) groups is 1. The number of fused-ring (bicyclic) bond motifs is 1. The van der Waals surface area contributed by atoms with Crippen molar-refractivity contribution in [2.75, 3.05) is 20.2 Å². The molecule has 0 aliphatic carbocycles. The Labute approximate surface area is 214 Å². The second-order valence-corrected chi connectivity index (χ2v) is 9.19. The van der Waals surface area contributed by atoms with Crippen LogP contribution in [-0.4, -0.2) is 55.1 Å². The van der Waals surface area contributed by atoms with Gasteiger partial charge >= 0.3 is 5.69 Å². The van der Waals surface area contributed by atoms with E-state index in [4.69, 9.17) is 10.00 Å². The van der Waals surface area contributed by atoms with E-state index in [-0.39, 0.29) is 30.9 Å². The van der Waals surface area contributed by atoms with E-state index in [1.54, 1.807) is 20.9 Å². The van der Waals surface area contributed by atoms with Crippen LogP contribution in [0.3, 0.4) is 0 Å². The highest BCUT2D eigenvalue weighted by Gasteiger charge is 2.23. The molecule has 1 amide bonds. The van der Waals surface area contributed by atoms with Gasteiger partial charge in [0.2, 0.25) is 5.91 Å². The number of hydrogen-bond acceptors (Lipinski definition) is 8. The zero-order valence-corrected chi connectivity index (χ0v) is 21.3. The highest BCUT2D eigenvalue weighted by atomic mass is 32.1. The number of thiophene rings is 1. The molecule has 0 spiro atoms. The molecule has 0 aliphatic rings. The van der Waals surface area contributed by atoms with E-state index in [0.717, 1.165) is 4.57 Å². The van der Waals surface area contributed by atoms with Crippen LogP contribution < -0.4 is 16.0 Å². The topological polar surface area (TPSA) is 128 Å². The van der Waals surface area contributed by atoms with Crippen molar-refractivity contribution in [3.63, 3.8) is 0 Å². The zero-order valence-electron chi connectivity index (χ0n) is 20.5. The maximum absolute atomic E-state index is 14.0. The molecule has 0 atom stereocenters. The van der Waals surface area contributed by atoms with Crippen LogP contribution >= 0.6 is 11.3 Å². The Kier molecular flexibility index (Phi) is 7.49. The van der Waals surface area contributed by atoms with Gasteiger partial charge in [-0.1, -0.05) is 11.3 Å². The SMILES string of the molecule is CCN(C)C(=O)Cn1c(=O)c2c(C)c(-n3nccn3)sc2n(CCc2cc(F)ccc2OCC#N)c1=O. The van der Waals surface area contributed by atoms with Crippen LogP contribution in [0, 0.1) is 24.1 Å². The average molecular weight is 526 g/mol. The van der Waals surface area contributed by atoms with Crippen LogP contribution in [-0.2, 0) is 24.3 Å². The van der Waals surface area contributed by atoms with E-state index in [1.165, 1.54) is 56.2 Å². The third kappa shape index (κ3) is 5.01. The van der Waals surface area contributed by atoms with Crippen molar-refractivity contribution in [2.24, 2.45) is 0 Å². The number of aromatic nitrogens is 5. The van der Waals surface area contributed by atoms with Gasteiger partial charge in [-0.15, -0.1) is 4.80 Å². The number of ether oxygens (including phenoxy) is 1. The van der Waals surface area contributed by atoms with Gasteiger partial charge in [0.1, 0.15) is 34.0 Å². The van der Waals surface area contributed by atoms with Crippen LogP contribution in [0.4, 0.5) is 4.39 Å². The Balaban J connectivity index is 1.86. The maximum Gasteiger partial charge on any atom is 0.332 e. The molecule has 0 N–H and O–H groups in total. The Bertz CT molecular complexity index is 1620. The molecule has 11 nitrogen and oxygen atoms in total. The second-order valence-electron chi connectivity index (χ2n) is 8.21. The van der Waals surface area contributed by atoms with Gasteiger partial charge in [-0.25, -0.2) is 9.18 Å². The highest BCUT2D eigenvalue weighted by Crippen LogP contribution is 2.30. The fraction of sp³-hybridized carbons (Fsp3) is 0.333. The molecule has 0 radical (unpaired) electrons. The van der Waals surface area contributed by atoms with Crippen LogP contribution in [0.1, 0.15) is 18.1 Å². The molecule has 37 heavy (non-hydrogen) atoms. The molecule has 1 aromatic carbocycles. The Morgan fingerprint density at radius 3 is 2.65 bits per heavy atom. The molecule has 0 saturated heterocycles. The number of nitriles is 1. The minimum absolute atomic E-state index is 0.0612. The summed E-state index contributed by atoms with van der Waals surface area (Å²) in [5, 5.41) is 18.0. The molecule has 0 unspecified atom stereocenters. The number of rotatable bonds is 9. The number of benzene rings is 1. The summed E-state index contributed by atoms with van der Waals surface area (Å²) in [6.45, 7) is 3.37. The van der Waals surface area contributed by atoms with Gasteiger partial charge in [0, 0.05) is 25.7 Å². The minimum atomic E-state index is -0.660. The van der Waals surface area contributed by atoms with Crippen molar-refractivity contribution < 1.29 is 13.9 Å². The second kappa shape index (κ2) is 10.8. The highest BCUT2D eigenvalue weighted by molar-refractivity contribution is 7.21. The molecule has 0 aliphatic heterocycles. The van der Waals surface area contributed by atoms with E-state index in [2.05, 4.69) is 10.2 Å². The summed E-state index contributed by atoms with van der Waals surface area (Å²) >= 11 is 1.18. The fourth-order valence-electron chi connectivity index (χ4n) is 3.89. The van der Waals surface area contributed by atoms with E-state index in [1.807, 2.05) is 6.07 Å². The first-order valence-corrected chi connectivity index (χ1v) is 12.2. The van der Waals surface area contributed by atoms with Crippen molar-refractivity contribution in [3.8, 4) is 16.8 Å². The predicted octanol–water partition coefficient (Wildman–Crippen LogP) is 1.88. The zero-order chi connectivity index (χ0) is 26.7. The predicted molar refractivity (Wildman–Crippen MR) is 135 cm³/mol.